The molecule has 0 spiro atoms. The van der Waals surface area contributed by atoms with Crippen molar-refractivity contribution in [2.45, 2.75) is 25.8 Å². The van der Waals surface area contributed by atoms with E-state index in [9.17, 15) is 14.7 Å². The summed E-state index contributed by atoms with van der Waals surface area (Å²) in [6.07, 6.45) is 4.89. The molecule has 1 N–H and O–H groups in total. The normalized spacial score (nSPS) is 19.3. The smallest absolute Gasteiger partial charge is 0.300 e. The molecule has 2 aliphatic rings. The first kappa shape index (κ1) is 21.2. The molecule has 1 atom stereocenters. The summed E-state index contributed by atoms with van der Waals surface area (Å²) in [6.45, 7) is 2.45. The van der Waals surface area contributed by atoms with Crippen LogP contribution in [0.5, 0.6) is 5.75 Å². The molecule has 5 rings (SSSR count). The van der Waals surface area contributed by atoms with Gasteiger partial charge in [-0.1, -0.05) is 17.7 Å². The van der Waals surface area contributed by atoms with E-state index in [0.29, 0.717) is 34.0 Å². The first-order valence-electron chi connectivity index (χ1n) is 10.7. The van der Waals surface area contributed by atoms with E-state index in [-0.39, 0.29) is 11.3 Å². The van der Waals surface area contributed by atoms with Gasteiger partial charge in [0.2, 0.25) is 0 Å². The Morgan fingerprint density at radius 3 is 2.73 bits per heavy atom. The molecular formula is C26H21ClN2O4. The van der Waals surface area contributed by atoms with E-state index in [1.807, 2.05) is 6.07 Å². The number of aliphatic hydroxyl groups is 1. The number of aliphatic hydroxyl groups excluding tert-OH is 1. The third kappa shape index (κ3) is 3.56. The summed E-state index contributed by atoms with van der Waals surface area (Å²) in [7, 11) is 0. The fourth-order valence-corrected chi connectivity index (χ4v) is 4.63. The van der Waals surface area contributed by atoms with Crippen LogP contribution in [0.4, 0.5) is 5.69 Å². The molecule has 1 fully saturated rings. The maximum atomic E-state index is 13.3. The highest BCUT2D eigenvalue weighted by Crippen LogP contribution is 2.44. The number of aryl methyl sites for hydroxylation is 1. The first-order valence-corrected chi connectivity index (χ1v) is 11.1. The number of nitrogens with zero attached hydrogens (tertiary/aromatic N) is 2. The van der Waals surface area contributed by atoms with E-state index in [1.165, 1.54) is 4.90 Å². The molecule has 2 aliphatic heterocycles. The fraction of sp³-hybridized carbons (Fsp3) is 0.192. The Kier molecular flexibility index (Phi) is 5.38. The highest BCUT2D eigenvalue weighted by molar-refractivity contribution is 6.52. The quantitative estimate of drug-likeness (QED) is 0.338. The number of hydrogen-bond acceptors (Lipinski definition) is 5. The molecule has 1 saturated heterocycles. The molecular weight excluding hydrogens is 440 g/mol. The van der Waals surface area contributed by atoms with Crippen molar-refractivity contribution >= 4 is 34.7 Å². The van der Waals surface area contributed by atoms with Crippen molar-refractivity contribution in [1.29, 1.82) is 0 Å². The maximum Gasteiger partial charge on any atom is 0.300 e. The number of halogens is 1. The third-order valence-corrected chi connectivity index (χ3v) is 6.56. The van der Waals surface area contributed by atoms with Crippen molar-refractivity contribution in [2.24, 2.45) is 0 Å². The monoisotopic (exact) mass is 460 g/mol. The molecule has 0 radical (unpaired) electrons. The van der Waals surface area contributed by atoms with E-state index in [2.05, 4.69) is 4.98 Å². The zero-order valence-electron chi connectivity index (χ0n) is 17.9. The average Bonchev–Trinajstić information content (AvgIpc) is 3.11. The number of anilines is 1. The average molecular weight is 461 g/mol. The standard InChI is InChI=1S/C26H21ClN2O4/c1-15-19(27)5-2-6-20(15)29-23(16-9-11-28-12-10-16)22(25(31)26(29)32)24(30)18-7-8-21-17(14-18)4-3-13-33-21/h2,5-12,14,23,30H,3-4,13H2,1H3/b24-22-. The van der Waals surface area contributed by atoms with Gasteiger partial charge in [-0.15, -0.1) is 0 Å². The highest BCUT2D eigenvalue weighted by Gasteiger charge is 2.47. The zero-order chi connectivity index (χ0) is 23.1. The second kappa shape index (κ2) is 8.37. The van der Waals surface area contributed by atoms with Crippen LogP contribution >= 0.6 is 11.6 Å². The topological polar surface area (TPSA) is 79.7 Å². The fourth-order valence-electron chi connectivity index (χ4n) is 4.46. The number of ether oxygens (including phenoxy) is 1. The van der Waals surface area contributed by atoms with Crippen molar-refractivity contribution < 1.29 is 19.4 Å². The van der Waals surface area contributed by atoms with E-state index in [0.717, 1.165) is 24.2 Å². The number of amides is 1. The van der Waals surface area contributed by atoms with Crippen LogP contribution in [0.2, 0.25) is 5.02 Å². The summed E-state index contributed by atoms with van der Waals surface area (Å²) in [5.74, 6) is -0.906. The van der Waals surface area contributed by atoms with Gasteiger partial charge in [0.1, 0.15) is 11.5 Å². The summed E-state index contributed by atoms with van der Waals surface area (Å²) in [5.41, 5.74) is 3.31. The van der Waals surface area contributed by atoms with Gasteiger partial charge in [0.15, 0.2) is 0 Å². The summed E-state index contributed by atoms with van der Waals surface area (Å²) < 4.78 is 5.67. The number of aromatic nitrogens is 1. The molecule has 0 saturated carbocycles. The number of pyridine rings is 1. The van der Waals surface area contributed by atoms with Crippen LogP contribution in [0.15, 0.2) is 66.5 Å². The number of Topliss-reactive ketones (excluding diaryl/α,β-unsaturated/α-hetero) is 1. The molecule has 166 valence electrons. The lowest BCUT2D eigenvalue weighted by atomic mass is 9.94. The molecule has 1 aromatic heterocycles. The van der Waals surface area contributed by atoms with E-state index in [1.54, 1.807) is 61.8 Å². The summed E-state index contributed by atoms with van der Waals surface area (Å²) in [5, 5.41) is 11.8. The number of carbonyl (C=O) groups excluding carboxylic acids is 2. The van der Waals surface area contributed by atoms with E-state index < -0.39 is 17.7 Å². The molecule has 3 aromatic rings. The van der Waals surface area contributed by atoms with Gasteiger partial charge in [-0.2, -0.15) is 0 Å². The predicted molar refractivity (Wildman–Crippen MR) is 125 cm³/mol. The van der Waals surface area contributed by atoms with Crippen LogP contribution in [0.3, 0.4) is 0 Å². The Labute approximate surface area is 196 Å². The van der Waals surface area contributed by atoms with Crippen LogP contribution in [-0.2, 0) is 16.0 Å². The van der Waals surface area contributed by atoms with Crippen LogP contribution in [0.1, 0.15) is 34.7 Å². The molecule has 33 heavy (non-hydrogen) atoms. The SMILES string of the molecule is Cc1c(Cl)cccc1N1C(=O)C(=O)/C(=C(\O)c2ccc3c(c2)CCCO3)C1c1ccncc1. The Morgan fingerprint density at radius 2 is 1.94 bits per heavy atom. The van der Waals surface area contributed by atoms with Crippen molar-refractivity contribution in [3.8, 4) is 5.75 Å². The van der Waals surface area contributed by atoms with Crippen LogP contribution in [-0.4, -0.2) is 28.4 Å². The van der Waals surface area contributed by atoms with Gasteiger partial charge in [-0.25, -0.2) is 0 Å². The van der Waals surface area contributed by atoms with Crippen LogP contribution in [0, 0.1) is 6.92 Å². The van der Waals surface area contributed by atoms with Crippen LogP contribution in [0.25, 0.3) is 5.76 Å². The lowest BCUT2D eigenvalue weighted by Gasteiger charge is -2.27. The van der Waals surface area contributed by atoms with Gasteiger partial charge in [0, 0.05) is 28.7 Å². The summed E-state index contributed by atoms with van der Waals surface area (Å²) in [4.78, 5) is 32.0. The van der Waals surface area contributed by atoms with Gasteiger partial charge in [0.25, 0.3) is 11.7 Å². The zero-order valence-corrected chi connectivity index (χ0v) is 18.7. The second-order valence-electron chi connectivity index (χ2n) is 8.11. The third-order valence-electron chi connectivity index (χ3n) is 6.15. The molecule has 3 heterocycles. The molecule has 0 aliphatic carbocycles. The van der Waals surface area contributed by atoms with Crippen molar-refractivity contribution in [1.82, 2.24) is 4.98 Å². The maximum absolute atomic E-state index is 13.3. The van der Waals surface area contributed by atoms with Gasteiger partial charge < -0.3 is 9.84 Å². The minimum Gasteiger partial charge on any atom is -0.507 e. The Hall–Kier alpha value is -3.64. The minimum absolute atomic E-state index is 0.0299. The number of hydrogen-bond donors (Lipinski definition) is 1. The molecule has 2 aromatic carbocycles. The number of benzene rings is 2. The molecule has 0 bridgehead atoms. The Bertz CT molecular complexity index is 1300. The molecule has 1 unspecified atom stereocenters. The van der Waals surface area contributed by atoms with Gasteiger partial charge in [-0.3, -0.25) is 19.5 Å². The molecule has 1 amide bonds. The minimum atomic E-state index is -0.822. The van der Waals surface area contributed by atoms with Crippen LogP contribution < -0.4 is 9.64 Å². The number of carbonyl (C=O) groups is 2. The van der Waals surface area contributed by atoms with Crippen molar-refractivity contribution in [3.63, 3.8) is 0 Å². The number of rotatable bonds is 3. The Balaban J connectivity index is 1.71. The lowest BCUT2D eigenvalue weighted by Crippen LogP contribution is -2.30. The largest absolute Gasteiger partial charge is 0.507 e. The first-order chi connectivity index (χ1) is 16.0. The van der Waals surface area contributed by atoms with Crippen molar-refractivity contribution in [2.75, 3.05) is 11.5 Å². The van der Waals surface area contributed by atoms with Crippen molar-refractivity contribution in [3.05, 3.63) is 93.8 Å². The van der Waals surface area contributed by atoms with E-state index in [4.69, 9.17) is 16.3 Å². The summed E-state index contributed by atoms with van der Waals surface area (Å²) in [6, 6.07) is 13.2. The van der Waals surface area contributed by atoms with Gasteiger partial charge in [-0.05, 0) is 78.9 Å². The second-order valence-corrected chi connectivity index (χ2v) is 8.52. The number of ketones is 1. The lowest BCUT2D eigenvalue weighted by molar-refractivity contribution is -0.132. The molecule has 7 heteroatoms. The van der Waals surface area contributed by atoms with Gasteiger partial charge in [0.05, 0.1) is 18.2 Å². The number of fused-ring (bicyclic) bond motifs is 1. The van der Waals surface area contributed by atoms with Gasteiger partial charge >= 0.3 is 0 Å². The van der Waals surface area contributed by atoms with E-state index >= 15 is 0 Å². The Morgan fingerprint density at radius 1 is 1.15 bits per heavy atom. The molecule has 6 nitrogen and oxygen atoms in total. The summed E-state index contributed by atoms with van der Waals surface area (Å²) >= 11 is 6.33. The highest BCUT2D eigenvalue weighted by atomic mass is 35.5. The predicted octanol–water partition coefficient (Wildman–Crippen LogP) is 4.99.